The third-order valence-corrected chi connectivity index (χ3v) is 7.61. The number of halogens is 3. The lowest BCUT2D eigenvalue weighted by atomic mass is 9.68. The molecule has 0 unspecified atom stereocenters. The molecule has 0 heterocycles. The summed E-state index contributed by atoms with van der Waals surface area (Å²) in [6.45, 7) is 4.25. The highest BCUT2D eigenvalue weighted by atomic mass is 19.2. The summed E-state index contributed by atoms with van der Waals surface area (Å²) in [6.07, 6.45) is 15.3. The maximum absolute atomic E-state index is 14.4. The van der Waals surface area contributed by atoms with Crippen molar-refractivity contribution in [2.24, 2.45) is 23.7 Å². The van der Waals surface area contributed by atoms with Crippen molar-refractivity contribution in [1.29, 1.82) is 0 Å². The zero-order valence-electron chi connectivity index (χ0n) is 19.3. The van der Waals surface area contributed by atoms with Gasteiger partial charge in [-0.25, -0.2) is 8.78 Å². The highest BCUT2D eigenvalue weighted by Gasteiger charge is 2.30. The molecule has 1 aromatic carbocycles. The first kappa shape index (κ1) is 24.2. The van der Waals surface area contributed by atoms with E-state index in [1.807, 2.05) is 0 Å². The van der Waals surface area contributed by atoms with Crippen LogP contribution < -0.4 is 4.74 Å². The van der Waals surface area contributed by atoms with E-state index in [9.17, 15) is 13.2 Å². The fourth-order valence-corrected chi connectivity index (χ4v) is 5.78. The van der Waals surface area contributed by atoms with E-state index in [0.717, 1.165) is 30.6 Å². The third-order valence-electron chi connectivity index (χ3n) is 7.61. The van der Waals surface area contributed by atoms with Gasteiger partial charge in [0.1, 0.15) is 5.83 Å². The summed E-state index contributed by atoms with van der Waals surface area (Å²) in [5, 5.41) is 0. The highest BCUT2D eigenvalue weighted by Crippen LogP contribution is 2.43. The second-order valence-corrected chi connectivity index (χ2v) is 9.70. The molecule has 1 nitrogen and oxygen atoms in total. The molecule has 0 atom stereocenters. The zero-order chi connectivity index (χ0) is 22.2. The summed E-state index contributed by atoms with van der Waals surface area (Å²) < 4.78 is 47.6. The minimum absolute atomic E-state index is 0.0390. The lowest BCUT2D eigenvalue weighted by Gasteiger charge is -2.37. The van der Waals surface area contributed by atoms with E-state index < -0.39 is 11.6 Å². The predicted octanol–water partition coefficient (Wildman–Crippen LogP) is 8.56. The molecule has 0 aromatic heterocycles. The van der Waals surface area contributed by atoms with Crippen LogP contribution in [0.3, 0.4) is 0 Å². The number of hydrogen-bond donors (Lipinski definition) is 0. The maximum Gasteiger partial charge on any atom is 0.200 e. The average Bonchev–Trinajstić information content (AvgIpc) is 2.79. The minimum atomic E-state index is -1.03. The molecule has 31 heavy (non-hydrogen) atoms. The van der Waals surface area contributed by atoms with Gasteiger partial charge in [0.05, 0.1) is 6.61 Å². The van der Waals surface area contributed by atoms with Crippen molar-refractivity contribution in [1.82, 2.24) is 0 Å². The first-order valence-corrected chi connectivity index (χ1v) is 12.5. The van der Waals surface area contributed by atoms with Crippen LogP contribution in [0.25, 0.3) is 0 Å². The number of ether oxygens (including phenoxy) is 1. The van der Waals surface area contributed by atoms with E-state index in [-0.39, 0.29) is 30.2 Å². The van der Waals surface area contributed by atoms with Crippen molar-refractivity contribution in [3.8, 4) is 5.75 Å². The van der Waals surface area contributed by atoms with Crippen LogP contribution >= 0.6 is 0 Å². The van der Waals surface area contributed by atoms with Gasteiger partial charge in [-0.3, -0.25) is 0 Å². The Bertz CT molecular complexity index is 713. The molecular formula is C27H39F3O. The fraction of sp³-hybridized carbons (Fsp3) is 0.704. The van der Waals surface area contributed by atoms with Crippen LogP contribution in [0.4, 0.5) is 13.2 Å². The van der Waals surface area contributed by atoms with Gasteiger partial charge in [0.15, 0.2) is 11.6 Å². The van der Waals surface area contributed by atoms with E-state index in [1.165, 1.54) is 63.5 Å². The van der Waals surface area contributed by atoms with E-state index in [0.29, 0.717) is 12.3 Å². The molecule has 0 saturated heterocycles. The quantitative estimate of drug-likeness (QED) is 0.377. The van der Waals surface area contributed by atoms with Gasteiger partial charge in [-0.05, 0) is 87.2 Å². The monoisotopic (exact) mass is 436 g/mol. The summed E-state index contributed by atoms with van der Waals surface area (Å²) in [5.74, 6) is 0.688. The van der Waals surface area contributed by atoms with Crippen LogP contribution in [-0.4, -0.2) is 6.61 Å². The summed E-state index contributed by atoms with van der Waals surface area (Å²) in [7, 11) is 0. The van der Waals surface area contributed by atoms with Crippen molar-refractivity contribution in [2.75, 3.05) is 6.61 Å². The molecule has 0 bridgehead atoms. The number of hydrogen-bond acceptors (Lipinski definition) is 1. The van der Waals surface area contributed by atoms with Gasteiger partial charge in [0.2, 0.25) is 5.82 Å². The molecule has 1 aromatic rings. The first-order chi connectivity index (χ1) is 15.0. The molecular weight excluding hydrogens is 397 g/mol. The van der Waals surface area contributed by atoms with Crippen LogP contribution in [0, 0.1) is 35.3 Å². The summed E-state index contributed by atoms with van der Waals surface area (Å²) in [4.78, 5) is 0. The molecule has 0 radical (unpaired) electrons. The standard InChI is InChI=1S/C27H39F3O/c1-3-5-19-6-11-21(12-7-19)22-13-8-20(9-14-22)10-16-24(28)18-23-15-17-25(31-4-2)27(30)26(23)29/h15-17,19-22H,3-14,18H2,1-2H3/b24-16+. The molecule has 4 heteroatoms. The SMILES string of the molecule is CCCC1CCC(C2CCC(C/C=C(/F)Cc3ccc(OCC)c(F)c3F)CC2)CC1. The van der Waals surface area contributed by atoms with Crippen LogP contribution in [0.2, 0.25) is 0 Å². The van der Waals surface area contributed by atoms with Crippen LogP contribution in [0.1, 0.15) is 90.0 Å². The third kappa shape index (κ3) is 6.76. The Morgan fingerprint density at radius 2 is 1.52 bits per heavy atom. The molecule has 2 aliphatic rings. The Labute approximate surface area is 186 Å². The minimum Gasteiger partial charge on any atom is -0.491 e. The lowest BCUT2D eigenvalue weighted by molar-refractivity contribution is 0.144. The Morgan fingerprint density at radius 1 is 0.903 bits per heavy atom. The number of allylic oxidation sites excluding steroid dienone is 2. The molecule has 0 spiro atoms. The zero-order valence-corrected chi connectivity index (χ0v) is 19.3. The first-order valence-electron chi connectivity index (χ1n) is 12.5. The molecule has 2 saturated carbocycles. The molecule has 3 rings (SSSR count). The van der Waals surface area contributed by atoms with Crippen molar-refractivity contribution in [2.45, 2.75) is 90.9 Å². The van der Waals surface area contributed by atoms with Crippen molar-refractivity contribution >= 4 is 0 Å². The number of rotatable bonds is 9. The van der Waals surface area contributed by atoms with Gasteiger partial charge < -0.3 is 4.74 Å². The second-order valence-electron chi connectivity index (χ2n) is 9.70. The Kier molecular flexibility index (Phi) is 9.34. The molecule has 0 N–H and O–H groups in total. The molecule has 0 amide bonds. The Morgan fingerprint density at radius 3 is 2.10 bits per heavy atom. The van der Waals surface area contributed by atoms with Crippen LogP contribution in [-0.2, 0) is 6.42 Å². The van der Waals surface area contributed by atoms with Gasteiger partial charge >= 0.3 is 0 Å². The highest BCUT2D eigenvalue weighted by molar-refractivity contribution is 5.32. The molecule has 2 fully saturated rings. The summed E-state index contributed by atoms with van der Waals surface area (Å²) in [5.41, 5.74) is 0.0390. The smallest absolute Gasteiger partial charge is 0.200 e. The lowest BCUT2D eigenvalue weighted by Crippen LogP contribution is -2.25. The maximum atomic E-state index is 14.4. The van der Waals surface area contributed by atoms with Gasteiger partial charge in [0, 0.05) is 6.42 Å². The number of benzene rings is 1. The van der Waals surface area contributed by atoms with Gasteiger partial charge in [0.25, 0.3) is 0 Å². The van der Waals surface area contributed by atoms with E-state index >= 15 is 0 Å². The van der Waals surface area contributed by atoms with Crippen molar-refractivity contribution in [3.63, 3.8) is 0 Å². The van der Waals surface area contributed by atoms with Crippen molar-refractivity contribution in [3.05, 3.63) is 41.2 Å². The summed E-state index contributed by atoms with van der Waals surface area (Å²) >= 11 is 0. The normalized spacial score (nSPS) is 27.3. The van der Waals surface area contributed by atoms with Gasteiger partial charge in [-0.2, -0.15) is 4.39 Å². The van der Waals surface area contributed by atoms with E-state index in [2.05, 4.69) is 6.92 Å². The average molecular weight is 437 g/mol. The largest absolute Gasteiger partial charge is 0.491 e. The van der Waals surface area contributed by atoms with Crippen molar-refractivity contribution < 1.29 is 17.9 Å². The Balaban J connectivity index is 1.43. The van der Waals surface area contributed by atoms with Gasteiger partial charge in [-0.15, -0.1) is 0 Å². The van der Waals surface area contributed by atoms with Crippen LogP contribution in [0.5, 0.6) is 5.75 Å². The fourth-order valence-electron chi connectivity index (χ4n) is 5.78. The summed E-state index contributed by atoms with van der Waals surface area (Å²) in [6, 6.07) is 2.79. The van der Waals surface area contributed by atoms with E-state index in [4.69, 9.17) is 4.74 Å². The van der Waals surface area contributed by atoms with Gasteiger partial charge in [-0.1, -0.05) is 44.7 Å². The molecule has 0 aliphatic heterocycles. The topological polar surface area (TPSA) is 9.23 Å². The second kappa shape index (κ2) is 12.0. The van der Waals surface area contributed by atoms with E-state index in [1.54, 1.807) is 13.0 Å². The molecule has 174 valence electrons. The molecule has 2 aliphatic carbocycles. The Hall–Kier alpha value is -1.45. The predicted molar refractivity (Wildman–Crippen MR) is 121 cm³/mol. The van der Waals surface area contributed by atoms with Crippen LogP contribution in [0.15, 0.2) is 24.0 Å².